The third kappa shape index (κ3) is 15.0. The minimum Gasteiger partial charge on any atom is -0.396 e. The second-order valence-electron chi connectivity index (χ2n) is 9.33. The highest BCUT2D eigenvalue weighted by Gasteiger charge is 2.25. The number of aliphatic hydroxyl groups is 1. The fourth-order valence-corrected chi connectivity index (χ4v) is 2.53. The summed E-state index contributed by atoms with van der Waals surface area (Å²) in [6.07, 6.45) is 3.45. The molecule has 0 aliphatic carbocycles. The lowest BCUT2D eigenvalue weighted by Crippen LogP contribution is -2.26. The molecule has 0 aromatic carbocycles. The molecule has 2 unspecified atom stereocenters. The van der Waals surface area contributed by atoms with Crippen molar-refractivity contribution < 1.29 is 19.4 Å². The van der Waals surface area contributed by atoms with Crippen LogP contribution in [-0.4, -0.2) is 54.2 Å². The first-order valence-electron chi connectivity index (χ1n) is 9.78. The zero-order valence-corrected chi connectivity index (χ0v) is 19.4. The number of ether oxygens (including phenoxy) is 1. The average molecular weight is 451 g/mol. The summed E-state index contributed by atoms with van der Waals surface area (Å²) in [5, 5.41) is 13.8. The van der Waals surface area contributed by atoms with Gasteiger partial charge in [-0.15, -0.1) is 0 Å². The van der Waals surface area contributed by atoms with E-state index in [0.717, 1.165) is 38.8 Å². The number of hydrogen-bond acceptors (Lipinski definition) is 4. The first-order valence-corrected chi connectivity index (χ1v) is 10.7. The maximum absolute atomic E-state index is 11.1. The van der Waals surface area contributed by atoms with Gasteiger partial charge in [0.1, 0.15) is 6.10 Å². The molecule has 2 fully saturated rings. The SMILES string of the molecule is CC(C)(C)CCO.CC(C)(C)CCOC1CCNC1=O.O=C1NCCC1Br. The molecule has 2 heterocycles. The predicted molar refractivity (Wildman–Crippen MR) is 113 cm³/mol. The fourth-order valence-electron chi connectivity index (χ4n) is 2.14. The highest BCUT2D eigenvalue weighted by atomic mass is 79.9. The number of aliphatic hydroxyl groups excluding tert-OH is 1. The topological polar surface area (TPSA) is 87.7 Å². The van der Waals surface area contributed by atoms with E-state index in [1.54, 1.807) is 0 Å². The Hall–Kier alpha value is -0.660. The lowest BCUT2D eigenvalue weighted by molar-refractivity contribution is -0.129. The Labute approximate surface area is 173 Å². The van der Waals surface area contributed by atoms with E-state index in [2.05, 4.69) is 68.1 Å². The lowest BCUT2D eigenvalue weighted by atomic mass is 9.93. The van der Waals surface area contributed by atoms with Gasteiger partial charge in [-0.1, -0.05) is 57.5 Å². The van der Waals surface area contributed by atoms with Gasteiger partial charge in [0.15, 0.2) is 0 Å². The van der Waals surface area contributed by atoms with Gasteiger partial charge in [0.2, 0.25) is 11.8 Å². The Morgan fingerprint density at radius 2 is 1.48 bits per heavy atom. The molecule has 7 heteroatoms. The molecular weight excluding hydrogens is 412 g/mol. The summed E-state index contributed by atoms with van der Waals surface area (Å²) >= 11 is 3.19. The van der Waals surface area contributed by atoms with Gasteiger partial charge in [-0.05, 0) is 36.5 Å². The third-order valence-electron chi connectivity index (χ3n) is 4.01. The van der Waals surface area contributed by atoms with Crippen LogP contribution in [0.15, 0.2) is 0 Å². The lowest BCUT2D eigenvalue weighted by Gasteiger charge is -2.18. The highest BCUT2D eigenvalue weighted by Crippen LogP contribution is 2.19. The van der Waals surface area contributed by atoms with Crippen LogP contribution >= 0.6 is 15.9 Å². The fraction of sp³-hybridized carbons (Fsp3) is 0.900. The van der Waals surface area contributed by atoms with E-state index < -0.39 is 0 Å². The van der Waals surface area contributed by atoms with Gasteiger partial charge in [0.05, 0.1) is 4.83 Å². The summed E-state index contributed by atoms with van der Waals surface area (Å²) in [6, 6.07) is 0. The van der Waals surface area contributed by atoms with Gasteiger partial charge in [0, 0.05) is 26.3 Å². The quantitative estimate of drug-likeness (QED) is 0.574. The molecule has 0 bridgehead atoms. The molecule has 27 heavy (non-hydrogen) atoms. The van der Waals surface area contributed by atoms with Crippen molar-refractivity contribution in [1.82, 2.24) is 10.6 Å². The molecule has 160 valence electrons. The smallest absolute Gasteiger partial charge is 0.249 e. The number of halogens is 1. The summed E-state index contributed by atoms with van der Waals surface area (Å²) in [5.41, 5.74) is 0.587. The van der Waals surface area contributed by atoms with E-state index in [1.165, 1.54) is 0 Å². The molecule has 2 amide bonds. The molecule has 2 saturated heterocycles. The van der Waals surface area contributed by atoms with Crippen LogP contribution in [0.3, 0.4) is 0 Å². The Kier molecular flexibility index (Phi) is 12.4. The van der Waals surface area contributed by atoms with Crippen molar-refractivity contribution in [2.24, 2.45) is 10.8 Å². The zero-order chi connectivity index (χ0) is 21.1. The van der Waals surface area contributed by atoms with Crippen LogP contribution in [0.4, 0.5) is 0 Å². The number of rotatable bonds is 4. The van der Waals surface area contributed by atoms with Crippen molar-refractivity contribution in [3.63, 3.8) is 0 Å². The number of alkyl halides is 1. The van der Waals surface area contributed by atoms with Gasteiger partial charge >= 0.3 is 0 Å². The molecule has 6 nitrogen and oxygen atoms in total. The first kappa shape index (κ1) is 26.3. The van der Waals surface area contributed by atoms with Crippen LogP contribution in [0.5, 0.6) is 0 Å². The molecule has 2 atom stereocenters. The average Bonchev–Trinajstić information content (AvgIpc) is 3.07. The van der Waals surface area contributed by atoms with E-state index in [1.807, 2.05) is 0 Å². The highest BCUT2D eigenvalue weighted by molar-refractivity contribution is 9.10. The Morgan fingerprint density at radius 1 is 0.963 bits per heavy atom. The van der Waals surface area contributed by atoms with Crippen LogP contribution in [0, 0.1) is 10.8 Å². The van der Waals surface area contributed by atoms with E-state index in [9.17, 15) is 9.59 Å². The van der Waals surface area contributed by atoms with Gasteiger partial charge in [0.25, 0.3) is 0 Å². The molecule has 0 aromatic rings. The minimum atomic E-state index is -0.192. The molecule has 0 saturated carbocycles. The maximum Gasteiger partial charge on any atom is 0.249 e. The van der Waals surface area contributed by atoms with E-state index >= 15 is 0 Å². The van der Waals surface area contributed by atoms with Gasteiger partial charge in [-0.25, -0.2) is 0 Å². The van der Waals surface area contributed by atoms with Crippen molar-refractivity contribution in [2.45, 2.75) is 78.2 Å². The molecule has 2 rings (SSSR count). The van der Waals surface area contributed by atoms with Crippen molar-refractivity contribution in [2.75, 3.05) is 26.3 Å². The monoisotopic (exact) mass is 450 g/mol. The molecule has 0 radical (unpaired) electrons. The molecular formula is C20H39BrN2O4. The molecule has 0 spiro atoms. The van der Waals surface area contributed by atoms with E-state index in [4.69, 9.17) is 9.84 Å². The number of carbonyl (C=O) groups is 2. The normalized spacial score (nSPS) is 22.2. The summed E-state index contributed by atoms with van der Waals surface area (Å²) in [4.78, 5) is 21.6. The van der Waals surface area contributed by atoms with Gasteiger partial charge < -0.3 is 20.5 Å². The summed E-state index contributed by atoms with van der Waals surface area (Å²) in [7, 11) is 0. The predicted octanol–water partition coefficient (Wildman–Crippen LogP) is 3.01. The molecule has 0 aromatic heterocycles. The Bertz CT molecular complexity index is 444. The second-order valence-corrected chi connectivity index (χ2v) is 10.4. The van der Waals surface area contributed by atoms with E-state index in [0.29, 0.717) is 18.6 Å². The van der Waals surface area contributed by atoms with Gasteiger partial charge in [-0.2, -0.15) is 0 Å². The van der Waals surface area contributed by atoms with Crippen LogP contribution in [0.2, 0.25) is 0 Å². The summed E-state index contributed by atoms with van der Waals surface area (Å²) < 4.78 is 5.48. The summed E-state index contributed by atoms with van der Waals surface area (Å²) in [5.74, 6) is 0.175. The maximum atomic E-state index is 11.1. The molecule has 2 aliphatic rings. The zero-order valence-electron chi connectivity index (χ0n) is 17.9. The second kappa shape index (κ2) is 12.7. The van der Waals surface area contributed by atoms with Gasteiger partial charge in [-0.3, -0.25) is 9.59 Å². The number of nitrogens with one attached hydrogen (secondary N) is 2. The van der Waals surface area contributed by atoms with Crippen molar-refractivity contribution in [3.8, 4) is 0 Å². The number of carbonyl (C=O) groups excluding carboxylic acids is 2. The molecule has 3 N–H and O–H groups in total. The van der Waals surface area contributed by atoms with Crippen LogP contribution in [0.25, 0.3) is 0 Å². The Balaban J connectivity index is 0.000000410. The van der Waals surface area contributed by atoms with Crippen molar-refractivity contribution >= 4 is 27.7 Å². The van der Waals surface area contributed by atoms with Crippen molar-refractivity contribution in [1.29, 1.82) is 0 Å². The first-order chi connectivity index (χ1) is 12.4. The third-order valence-corrected chi connectivity index (χ3v) is 4.89. The number of amides is 2. The summed E-state index contributed by atoms with van der Waals surface area (Å²) in [6.45, 7) is 15.4. The van der Waals surface area contributed by atoms with Crippen molar-refractivity contribution in [3.05, 3.63) is 0 Å². The minimum absolute atomic E-state index is 0.0499. The molecule has 2 aliphatic heterocycles. The standard InChI is InChI=1S/C10H19NO2.C6H14O.C4H6BrNO/c1-10(2,3)5-7-13-8-4-6-11-9(8)12;1-6(2,3)4-5-7;5-3-1-2-6-4(3)7/h8H,4-7H2,1-3H3,(H,11,12);7H,4-5H2,1-3H3;3H,1-2H2,(H,6,7). The van der Waals surface area contributed by atoms with Crippen LogP contribution in [-0.2, 0) is 14.3 Å². The number of hydrogen-bond donors (Lipinski definition) is 3. The Morgan fingerprint density at radius 3 is 1.74 bits per heavy atom. The van der Waals surface area contributed by atoms with Crippen LogP contribution in [0.1, 0.15) is 67.2 Å². The van der Waals surface area contributed by atoms with E-state index in [-0.39, 0.29) is 28.2 Å². The largest absolute Gasteiger partial charge is 0.396 e. The van der Waals surface area contributed by atoms with Crippen LogP contribution < -0.4 is 10.6 Å².